The number of hydrogen-bond acceptors (Lipinski definition) is 5. The van der Waals surface area contributed by atoms with Crippen molar-refractivity contribution >= 4 is 25.8 Å². The van der Waals surface area contributed by atoms with Gasteiger partial charge in [0.2, 0.25) is 0 Å². The van der Waals surface area contributed by atoms with Crippen molar-refractivity contribution in [1.82, 2.24) is 4.57 Å². The van der Waals surface area contributed by atoms with Gasteiger partial charge in [0.15, 0.2) is 0 Å². The van der Waals surface area contributed by atoms with E-state index in [1.54, 1.807) is 12.1 Å². The molecule has 0 fully saturated rings. The summed E-state index contributed by atoms with van der Waals surface area (Å²) in [4.78, 5) is 39.3. The second-order valence-corrected chi connectivity index (χ2v) is 11.3. The van der Waals surface area contributed by atoms with E-state index in [1.807, 2.05) is 79.1 Å². The Hall–Kier alpha value is -4.12. The number of nitrogens with one attached hydrogen (secondary N) is 1. The lowest BCUT2D eigenvalue weighted by atomic mass is 9.94. The molecular formula is C33H38FN2O8P. The molecule has 2 atom stereocenters. The van der Waals surface area contributed by atoms with Crippen LogP contribution in [0.4, 0.5) is 10.1 Å². The van der Waals surface area contributed by atoms with E-state index in [9.17, 15) is 24.2 Å². The molecule has 0 aliphatic carbocycles. The number of aliphatic hydroxyl groups excluding tert-OH is 2. The monoisotopic (exact) mass is 640 g/mol. The Bertz CT molecular complexity index is 1570. The van der Waals surface area contributed by atoms with Crippen molar-refractivity contribution in [3.05, 3.63) is 102 Å². The third-order valence-electron chi connectivity index (χ3n) is 6.93. The molecule has 0 radical (unpaired) electrons. The third kappa shape index (κ3) is 10.2. The number of nitrogens with zero attached hydrogens (tertiary/aromatic N) is 1. The van der Waals surface area contributed by atoms with Gasteiger partial charge in [0.1, 0.15) is 5.82 Å². The second kappa shape index (κ2) is 16.8. The van der Waals surface area contributed by atoms with Gasteiger partial charge in [-0.05, 0) is 66.3 Å². The lowest BCUT2D eigenvalue weighted by Crippen LogP contribution is -2.22. The summed E-state index contributed by atoms with van der Waals surface area (Å²) in [6.07, 6.45) is -2.51. The molecule has 240 valence electrons. The fourth-order valence-electron chi connectivity index (χ4n) is 5.20. The molecular weight excluding hydrogens is 602 g/mol. The van der Waals surface area contributed by atoms with Crippen LogP contribution in [0.5, 0.6) is 0 Å². The molecule has 0 aliphatic heterocycles. The van der Waals surface area contributed by atoms with Gasteiger partial charge in [-0.3, -0.25) is 14.2 Å². The number of anilines is 1. The van der Waals surface area contributed by atoms with E-state index in [0.29, 0.717) is 28.1 Å². The van der Waals surface area contributed by atoms with Gasteiger partial charge in [-0.1, -0.05) is 62.4 Å². The lowest BCUT2D eigenvalue weighted by molar-refractivity contribution is -0.139. The number of para-hydroxylation sites is 1. The minimum atomic E-state index is -3.13. The van der Waals surface area contributed by atoms with Crippen LogP contribution in [0.2, 0.25) is 0 Å². The van der Waals surface area contributed by atoms with Gasteiger partial charge < -0.3 is 35.0 Å². The highest BCUT2D eigenvalue weighted by Crippen LogP contribution is 2.42. The summed E-state index contributed by atoms with van der Waals surface area (Å²) >= 11 is 0. The Kier molecular flexibility index (Phi) is 13.2. The van der Waals surface area contributed by atoms with Crippen LogP contribution in [0, 0.1) is 5.82 Å². The molecule has 1 heterocycles. The Labute approximate surface area is 261 Å². The smallest absolute Gasteiger partial charge is 0.314 e. The molecule has 1 aromatic heterocycles. The molecule has 4 aromatic rings. The maximum Gasteiger partial charge on any atom is 0.314 e. The fraction of sp³-hybridized carbons (Fsp3) is 0.273. The molecule has 4 rings (SSSR count). The van der Waals surface area contributed by atoms with Crippen LogP contribution >= 0.6 is 8.25 Å². The number of rotatable bonds is 12. The number of amides is 1. The second-order valence-electron chi connectivity index (χ2n) is 10.7. The van der Waals surface area contributed by atoms with Gasteiger partial charge in [0, 0.05) is 23.5 Å². The molecule has 12 heteroatoms. The van der Waals surface area contributed by atoms with Crippen molar-refractivity contribution < 1.29 is 43.7 Å². The standard InChI is InChI=1S/C33H35FN2O5.H3O3P/c1-21(2)31-30(33(41)35-25-11-7-4-8-12-25)29(22-9-5-3-6-10-22)32(23-13-15-24(34)16-14-23)36(31)18-17-26(37)19-27(38)20-28(39)40;1-4(2)3/h3-16,21,26-27,37-38H,17-20H2,1-2H3,(H,35,41)(H,39,40);4H,(H2,1,2,3)/t26-,27-;/m1./s1. The van der Waals surface area contributed by atoms with Crippen LogP contribution in [-0.4, -0.2) is 53.8 Å². The number of halogens is 1. The lowest BCUT2D eigenvalue weighted by Gasteiger charge is -2.20. The number of carbonyl (C=O) groups excluding carboxylic acids is 1. The van der Waals surface area contributed by atoms with Crippen LogP contribution < -0.4 is 5.32 Å². The number of carboxylic acids is 1. The molecule has 6 N–H and O–H groups in total. The average Bonchev–Trinajstić information content (AvgIpc) is 3.32. The van der Waals surface area contributed by atoms with E-state index in [0.717, 1.165) is 11.3 Å². The van der Waals surface area contributed by atoms with Crippen molar-refractivity contribution in [2.24, 2.45) is 0 Å². The minimum Gasteiger partial charge on any atom is -0.481 e. The molecule has 3 aromatic carbocycles. The Morgan fingerprint density at radius 3 is 1.96 bits per heavy atom. The maximum atomic E-state index is 14.0. The number of carboxylic acid groups (broad SMARTS) is 1. The number of aromatic nitrogens is 1. The minimum absolute atomic E-state index is 0.0939. The predicted molar refractivity (Wildman–Crippen MR) is 171 cm³/mol. The predicted octanol–water partition coefficient (Wildman–Crippen LogP) is 5.67. The zero-order chi connectivity index (χ0) is 33.1. The normalized spacial score (nSPS) is 12.4. The van der Waals surface area contributed by atoms with Crippen LogP contribution in [0.3, 0.4) is 0 Å². The van der Waals surface area contributed by atoms with E-state index in [2.05, 4.69) is 5.32 Å². The van der Waals surface area contributed by atoms with Gasteiger partial charge in [0.25, 0.3) is 5.91 Å². The maximum absolute atomic E-state index is 14.0. The van der Waals surface area contributed by atoms with Crippen molar-refractivity contribution in [3.63, 3.8) is 0 Å². The number of aliphatic carboxylic acids is 1. The van der Waals surface area contributed by atoms with Crippen molar-refractivity contribution in [2.45, 2.75) is 57.8 Å². The highest BCUT2D eigenvalue weighted by Gasteiger charge is 2.31. The first-order valence-corrected chi connectivity index (χ1v) is 15.6. The molecule has 0 aliphatic rings. The fourth-order valence-corrected chi connectivity index (χ4v) is 5.20. The van der Waals surface area contributed by atoms with E-state index < -0.39 is 32.9 Å². The molecule has 45 heavy (non-hydrogen) atoms. The molecule has 10 nitrogen and oxygen atoms in total. The van der Waals surface area contributed by atoms with Crippen molar-refractivity contribution in [1.29, 1.82) is 0 Å². The summed E-state index contributed by atoms with van der Waals surface area (Å²) in [5.74, 6) is -1.93. The highest BCUT2D eigenvalue weighted by atomic mass is 31.1. The zero-order valence-corrected chi connectivity index (χ0v) is 25.9. The molecule has 0 spiro atoms. The molecule has 0 saturated heterocycles. The Morgan fingerprint density at radius 1 is 0.867 bits per heavy atom. The Morgan fingerprint density at radius 2 is 1.42 bits per heavy atom. The van der Waals surface area contributed by atoms with Crippen LogP contribution in [0.25, 0.3) is 22.4 Å². The molecule has 1 amide bonds. The highest BCUT2D eigenvalue weighted by molar-refractivity contribution is 7.30. The van der Waals surface area contributed by atoms with Crippen molar-refractivity contribution in [2.75, 3.05) is 5.32 Å². The summed E-state index contributed by atoms with van der Waals surface area (Å²) in [6.45, 7) is 4.25. The van der Waals surface area contributed by atoms with E-state index in [4.69, 9.17) is 19.5 Å². The van der Waals surface area contributed by atoms with Gasteiger partial charge >= 0.3 is 14.2 Å². The number of benzene rings is 3. The number of hydrogen-bond donors (Lipinski definition) is 6. The largest absolute Gasteiger partial charge is 0.481 e. The summed E-state index contributed by atoms with van der Waals surface area (Å²) < 4.78 is 24.7. The van der Waals surface area contributed by atoms with Crippen LogP contribution in [-0.2, 0) is 15.9 Å². The van der Waals surface area contributed by atoms with E-state index in [-0.39, 0.29) is 37.0 Å². The summed E-state index contributed by atoms with van der Waals surface area (Å²) in [6, 6.07) is 24.8. The van der Waals surface area contributed by atoms with Crippen molar-refractivity contribution in [3.8, 4) is 22.4 Å². The van der Waals surface area contributed by atoms with Crippen LogP contribution in [0.1, 0.15) is 55.1 Å². The first-order valence-electron chi connectivity index (χ1n) is 14.3. The SMILES string of the molecule is CC(C)c1c(C(=O)Nc2ccccc2)c(-c2ccccc2)c(-c2ccc(F)cc2)n1CC[C@@H](O)C[C@@H](O)CC(=O)O.O=[PH](O)O. The summed E-state index contributed by atoms with van der Waals surface area (Å²) in [5, 5.41) is 32.8. The topological polar surface area (TPSA) is 169 Å². The first kappa shape index (κ1) is 35.4. The van der Waals surface area contributed by atoms with Gasteiger partial charge in [0.05, 0.1) is 29.9 Å². The molecule has 0 saturated carbocycles. The number of carbonyl (C=O) groups is 2. The summed E-state index contributed by atoms with van der Waals surface area (Å²) in [7, 11) is -3.13. The summed E-state index contributed by atoms with van der Waals surface area (Å²) in [5.41, 5.74) is 4.77. The zero-order valence-electron chi connectivity index (χ0n) is 24.9. The average molecular weight is 641 g/mol. The van der Waals surface area contributed by atoms with Gasteiger partial charge in [-0.25, -0.2) is 4.39 Å². The van der Waals surface area contributed by atoms with E-state index >= 15 is 0 Å². The number of aliphatic hydroxyl groups is 2. The Balaban J connectivity index is 0.00000130. The molecule has 0 unspecified atom stereocenters. The first-order chi connectivity index (χ1) is 21.4. The quantitative estimate of drug-likeness (QED) is 0.108. The third-order valence-corrected chi connectivity index (χ3v) is 6.93. The van der Waals surface area contributed by atoms with Crippen LogP contribution in [0.15, 0.2) is 84.9 Å². The van der Waals surface area contributed by atoms with Gasteiger partial charge in [-0.2, -0.15) is 0 Å². The molecule has 0 bridgehead atoms. The van der Waals surface area contributed by atoms with Gasteiger partial charge in [-0.15, -0.1) is 0 Å². The van der Waals surface area contributed by atoms with E-state index in [1.165, 1.54) is 12.1 Å².